The fourth-order valence-corrected chi connectivity index (χ4v) is 3.73. The van der Waals surface area contributed by atoms with Crippen molar-refractivity contribution in [2.75, 3.05) is 19.4 Å². The molecule has 7 heteroatoms. The van der Waals surface area contributed by atoms with E-state index in [9.17, 15) is 14.4 Å². The van der Waals surface area contributed by atoms with Gasteiger partial charge in [0.25, 0.3) is 5.91 Å². The van der Waals surface area contributed by atoms with Crippen LogP contribution >= 0.6 is 11.6 Å². The molecule has 2 aromatic carbocycles. The standard InChI is InChI=1S/C23H26ClN3O3/c1-4-5-21(28)25-19-11-8-16-13-20(23(30)26(2)3)27(14-17(16)12-19)22(29)15-6-9-18(24)10-7-15/h6-12,20H,4-5,13-14H2,1-3H3,(H,25,28)/t20-/m1/s1. The number of fused-ring (bicyclic) bond motifs is 1. The Hall–Kier alpha value is -2.86. The molecular weight excluding hydrogens is 402 g/mol. The zero-order chi connectivity index (χ0) is 21.8. The first-order valence-electron chi connectivity index (χ1n) is 9.99. The van der Waals surface area contributed by atoms with Crippen LogP contribution in [0.15, 0.2) is 42.5 Å². The summed E-state index contributed by atoms with van der Waals surface area (Å²) in [5, 5.41) is 3.44. The quantitative estimate of drug-likeness (QED) is 0.790. The minimum absolute atomic E-state index is 0.0389. The molecule has 1 heterocycles. The van der Waals surface area contributed by atoms with Gasteiger partial charge in [-0.15, -0.1) is 0 Å². The normalized spacial score (nSPS) is 15.3. The molecule has 1 aliphatic heterocycles. The van der Waals surface area contributed by atoms with E-state index in [4.69, 9.17) is 11.6 Å². The first-order chi connectivity index (χ1) is 14.3. The van der Waals surface area contributed by atoms with Crippen molar-refractivity contribution >= 4 is 35.0 Å². The third-order valence-corrected chi connectivity index (χ3v) is 5.43. The molecule has 0 aromatic heterocycles. The Balaban J connectivity index is 1.92. The summed E-state index contributed by atoms with van der Waals surface area (Å²) in [5.41, 5.74) is 3.11. The Morgan fingerprint density at radius 3 is 2.43 bits per heavy atom. The van der Waals surface area contributed by atoms with Crippen molar-refractivity contribution in [1.29, 1.82) is 0 Å². The zero-order valence-electron chi connectivity index (χ0n) is 17.4. The second-order valence-electron chi connectivity index (χ2n) is 7.67. The molecule has 1 atom stereocenters. The maximum Gasteiger partial charge on any atom is 0.254 e. The SMILES string of the molecule is CCCC(=O)Nc1ccc2c(c1)CN(C(=O)c1ccc(Cl)cc1)[C@@H](C(=O)N(C)C)C2. The number of benzene rings is 2. The summed E-state index contributed by atoms with van der Waals surface area (Å²) in [6, 6.07) is 11.7. The van der Waals surface area contributed by atoms with Crippen LogP contribution < -0.4 is 5.32 Å². The van der Waals surface area contributed by atoms with Gasteiger partial charge in [0, 0.05) is 49.8 Å². The number of likely N-dealkylation sites (N-methyl/N-ethyl adjacent to an activating group) is 1. The lowest BCUT2D eigenvalue weighted by molar-refractivity contribution is -0.134. The number of nitrogens with zero attached hydrogens (tertiary/aromatic N) is 2. The fourth-order valence-electron chi connectivity index (χ4n) is 3.60. The van der Waals surface area contributed by atoms with Crippen LogP contribution in [0.1, 0.15) is 41.3 Å². The predicted molar refractivity (Wildman–Crippen MR) is 117 cm³/mol. The van der Waals surface area contributed by atoms with Crippen LogP contribution in [0.5, 0.6) is 0 Å². The van der Waals surface area contributed by atoms with Gasteiger partial charge in [-0.25, -0.2) is 0 Å². The highest BCUT2D eigenvalue weighted by Crippen LogP contribution is 2.28. The van der Waals surface area contributed by atoms with E-state index in [0.29, 0.717) is 35.7 Å². The van der Waals surface area contributed by atoms with Crippen molar-refractivity contribution in [1.82, 2.24) is 9.80 Å². The molecule has 0 saturated heterocycles. The number of carbonyl (C=O) groups excluding carboxylic acids is 3. The molecule has 0 bridgehead atoms. The molecule has 0 fully saturated rings. The largest absolute Gasteiger partial charge is 0.347 e. The molecule has 3 amide bonds. The zero-order valence-corrected chi connectivity index (χ0v) is 18.2. The van der Waals surface area contributed by atoms with E-state index in [2.05, 4.69) is 5.32 Å². The van der Waals surface area contributed by atoms with Gasteiger partial charge < -0.3 is 15.1 Å². The molecule has 3 rings (SSSR count). The molecule has 1 aliphatic rings. The lowest BCUT2D eigenvalue weighted by atomic mass is 9.92. The average Bonchev–Trinajstić information content (AvgIpc) is 2.72. The Morgan fingerprint density at radius 2 is 1.80 bits per heavy atom. The summed E-state index contributed by atoms with van der Waals surface area (Å²) >= 11 is 5.95. The van der Waals surface area contributed by atoms with E-state index in [1.165, 1.54) is 4.90 Å². The maximum atomic E-state index is 13.2. The highest BCUT2D eigenvalue weighted by Gasteiger charge is 2.36. The van der Waals surface area contributed by atoms with Crippen molar-refractivity contribution in [3.05, 3.63) is 64.2 Å². The second-order valence-corrected chi connectivity index (χ2v) is 8.11. The molecule has 0 aliphatic carbocycles. The van der Waals surface area contributed by atoms with Gasteiger partial charge in [0.1, 0.15) is 6.04 Å². The predicted octanol–water partition coefficient (Wildman–Crippen LogP) is 3.73. The minimum atomic E-state index is -0.587. The highest BCUT2D eigenvalue weighted by atomic mass is 35.5. The average molecular weight is 428 g/mol. The van der Waals surface area contributed by atoms with Gasteiger partial charge in [0.05, 0.1) is 0 Å². The van der Waals surface area contributed by atoms with E-state index in [0.717, 1.165) is 17.5 Å². The van der Waals surface area contributed by atoms with Crippen molar-refractivity contribution in [2.45, 2.75) is 38.8 Å². The molecule has 1 N–H and O–H groups in total. The van der Waals surface area contributed by atoms with Gasteiger partial charge in [-0.2, -0.15) is 0 Å². The fraction of sp³-hybridized carbons (Fsp3) is 0.348. The van der Waals surface area contributed by atoms with Gasteiger partial charge in [0.2, 0.25) is 11.8 Å². The summed E-state index contributed by atoms with van der Waals surface area (Å²) in [6.07, 6.45) is 1.65. The van der Waals surface area contributed by atoms with Gasteiger partial charge in [0.15, 0.2) is 0 Å². The van der Waals surface area contributed by atoms with Gasteiger partial charge in [-0.05, 0) is 53.9 Å². The Kier molecular flexibility index (Phi) is 6.77. The van der Waals surface area contributed by atoms with Crippen LogP contribution in [-0.2, 0) is 22.6 Å². The van der Waals surface area contributed by atoms with E-state index < -0.39 is 6.04 Å². The lowest BCUT2D eigenvalue weighted by Gasteiger charge is -2.37. The monoisotopic (exact) mass is 427 g/mol. The Morgan fingerprint density at radius 1 is 1.10 bits per heavy atom. The number of hydrogen-bond donors (Lipinski definition) is 1. The maximum absolute atomic E-state index is 13.2. The molecule has 158 valence electrons. The first-order valence-corrected chi connectivity index (χ1v) is 10.4. The van der Waals surface area contributed by atoms with Crippen molar-refractivity contribution in [3.63, 3.8) is 0 Å². The lowest BCUT2D eigenvalue weighted by Crippen LogP contribution is -2.52. The second kappa shape index (κ2) is 9.30. The molecule has 30 heavy (non-hydrogen) atoms. The van der Waals surface area contributed by atoms with E-state index >= 15 is 0 Å². The van der Waals surface area contributed by atoms with Crippen molar-refractivity contribution in [2.24, 2.45) is 0 Å². The van der Waals surface area contributed by atoms with Crippen LogP contribution in [-0.4, -0.2) is 47.7 Å². The highest BCUT2D eigenvalue weighted by molar-refractivity contribution is 6.30. The number of amides is 3. The third kappa shape index (κ3) is 4.82. The molecular formula is C23H26ClN3O3. The molecule has 0 radical (unpaired) electrons. The number of hydrogen-bond acceptors (Lipinski definition) is 3. The smallest absolute Gasteiger partial charge is 0.254 e. The van der Waals surface area contributed by atoms with E-state index in [1.807, 2.05) is 25.1 Å². The Bertz CT molecular complexity index is 957. The van der Waals surface area contributed by atoms with Gasteiger partial charge in [-0.1, -0.05) is 24.6 Å². The van der Waals surface area contributed by atoms with Crippen LogP contribution in [0, 0.1) is 0 Å². The third-order valence-electron chi connectivity index (χ3n) is 5.18. The summed E-state index contributed by atoms with van der Waals surface area (Å²) in [4.78, 5) is 41.2. The van der Waals surface area contributed by atoms with Crippen molar-refractivity contribution in [3.8, 4) is 0 Å². The van der Waals surface area contributed by atoms with E-state index in [1.54, 1.807) is 43.3 Å². The number of nitrogens with one attached hydrogen (secondary N) is 1. The first kappa shape index (κ1) is 21.8. The van der Waals surface area contributed by atoms with Crippen LogP contribution in [0.3, 0.4) is 0 Å². The minimum Gasteiger partial charge on any atom is -0.347 e. The van der Waals surface area contributed by atoms with Crippen molar-refractivity contribution < 1.29 is 14.4 Å². The molecule has 0 saturated carbocycles. The molecule has 0 unspecified atom stereocenters. The molecule has 2 aromatic rings. The summed E-state index contributed by atoms with van der Waals surface area (Å²) < 4.78 is 0. The summed E-state index contributed by atoms with van der Waals surface area (Å²) in [5.74, 6) is -0.385. The number of anilines is 1. The Labute approximate surface area is 181 Å². The number of carbonyl (C=O) groups is 3. The summed E-state index contributed by atoms with van der Waals surface area (Å²) in [6.45, 7) is 2.24. The van der Waals surface area contributed by atoms with Crippen LogP contribution in [0.4, 0.5) is 5.69 Å². The number of halogens is 1. The van der Waals surface area contributed by atoms with E-state index in [-0.39, 0.29) is 17.7 Å². The van der Waals surface area contributed by atoms with Crippen LogP contribution in [0.2, 0.25) is 5.02 Å². The summed E-state index contributed by atoms with van der Waals surface area (Å²) in [7, 11) is 3.38. The molecule has 6 nitrogen and oxygen atoms in total. The van der Waals surface area contributed by atoms with Crippen LogP contribution in [0.25, 0.3) is 0 Å². The van der Waals surface area contributed by atoms with Gasteiger partial charge in [-0.3, -0.25) is 14.4 Å². The topological polar surface area (TPSA) is 69.7 Å². The molecule has 0 spiro atoms. The van der Waals surface area contributed by atoms with Gasteiger partial charge >= 0.3 is 0 Å². The number of rotatable bonds is 5.